The molecule has 1 aliphatic heterocycles. The van der Waals surface area contributed by atoms with Gasteiger partial charge in [-0.15, -0.1) is 0 Å². The molecule has 2 aromatic carbocycles. The van der Waals surface area contributed by atoms with E-state index in [1.807, 2.05) is 18.2 Å². The van der Waals surface area contributed by atoms with Crippen molar-refractivity contribution in [3.63, 3.8) is 0 Å². The lowest BCUT2D eigenvalue weighted by Crippen LogP contribution is -2.34. The second kappa shape index (κ2) is 13.8. The molecule has 0 aliphatic carbocycles. The minimum Gasteiger partial charge on any atom is -0.507 e. The summed E-state index contributed by atoms with van der Waals surface area (Å²) in [6, 6.07) is 13.4. The summed E-state index contributed by atoms with van der Waals surface area (Å²) in [4.78, 5) is 30.7. The Morgan fingerprint density at radius 1 is 0.892 bits per heavy atom. The Bertz CT molecular complexity index is 1070. The zero-order valence-electron chi connectivity index (χ0n) is 22.5. The number of hydrogen-bond acceptors (Lipinski definition) is 6. The van der Waals surface area contributed by atoms with Gasteiger partial charge in [-0.1, -0.05) is 44.9 Å². The molecule has 2 aromatic rings. The van der Waals surface area contributed by atoms with E-state index in [1.54, 1.807) is 49.5 Å². The van der Waals surface area contributed by atoms with E-state index in [2.05, 4.69) is 18.7 Å². The molecule has 0 saturated carbocycles. The summed E-state index contributed by atoms with van der Waals surface area (Å²) in [7, 11) is 3.13. The van der Waals surface area contributed by atoms with Crippen molar-refractivity contribution in [1.29, 1.82) is 0 Å². The Morgan fingerprint density at radius 3 is 2.11 bits per heavy atom. The molecule has 3 rings (SSSR count). The molecule has 0 radical (unpaired) electrons. The van der Waals surface area contributed by atoms with Gasteiger partial charge in [0, 0.05) is 17.7 Å². The second-order valence-corrected chi connectivity index (χ2v) is 9.37. The summed E-state index contributed by atoms with van der Waals surface area (Å²) < 4.78 is 10.8. The number of Topliss-reactive ketones (excluding diaryl/α,β-unsaturated/α-hetero) is 1. The number of hydrogen-bond donors (Lipinski definition) is 1. The Balaban J connectivity index is 1.96. The third-order valence-corrected chi connectivity index (χ3v) is 6.87. The van der Waals surface area contributed by atoms with Crippen LogP contribution in [0.25, 0.3) is 5.76 Å². The Kier molecular flexibility index (Phi) is 10.6. The number of aliphatic hydroxyl groups is 1. The molecule has 0 bridgehead atoms. The molecule has 0 spiro atoms. The molecule has 1 amide bonds. The number of benzene rings is 2. The SMILES string of the molecule is CCCCN(CCCC)CCCN1C(=O)C(=O)/C(=C(\O)c2ccc(OC)cc2)C1c1ccccc1OC. The molecule has 1 saturated heterocycles. The highest BCUT2D eigenvalue weighted by molar-refractivity contribution is 6.46. The molecule has 7 nitrogen and oxygen atoms in total. The molecule has 37 heavy (non-hydrogen) atoms. The summed E-state index contributed by atoms with van der Waals surface area (Å²) in [6.07, 6.45) is 5.27. The van der Waals surface area contributed by atoms with Gasteiger partial charge in [0.1, 0.15) is 17.3 Å². The Hall–Kier alpha value is -3.32. The second-order valence-electron chi connectivity index (χ2n) is 9.37. The van der Waals surface area contributed by atoms with Crippen molar-refractivity contribution in [2.24, 2.45) is 0 Å². The van der Waals surface area contributed by atoms with E-state index in [0.29, 0.717) is 29.2 Å². The molecule has 1 unspecified atom stereocenters. The van der Waals surface area contributed by atoms with Crippen LogP contribution < -0.4 is 9.47 Å². The van der Waals surface area contributed by atoms with E-state index >= 15 is 0 Å². The van der Waals surface area contributed by atoms with Crippen molar-refractivity contribution in [2.75, 3.05) is 40.4 Å². The number of methoxy groups -OCH3 is 2. The number of para-hydroxylation sites is 1. The fourth-order valence-electron chi connectivity index (χ4n) is 4.79. The average molecular weight is 509 g/mol. The topological polar surface area (TPSA) is 79.3 Å². The van der Waals surface area contributed by atoms with Crippen molar-refractivity contribution < 1.29 is 24.2 Å². The van der Waals surface area contributed by atoms with Gasteiger partial charge in [-0.2, -0.15) is 0 Å². The van der Waals surface area contributed by atoms with Crippen molar-refractivity contribution in [3.05, 3.63) is 65.2 Å². The summed E-state index contributed by atoms with van der Waals surface area (Å²) in [5.41, 5.74) is 1.20. The Labute approximate surface area is 220 Å². The quantitative estimate of drug-likeness (QED) is 0.209. The monoisotopic (exact) mass is 508 g/mol. The lowest BCUT2D eigenvalue weighted by molar-refractivity contribution is -0.140. The van der Waals surface area contributed by atoms with Crippen LogP contribution in [0.4, 0.5) is 0 Å². The van der Waals surface area contributed by atoms with Crippen LogP contribution in [0.3, 0.4) is 0 Å². The first-order chi connectivity index (χ1) is 18.0. The highest BCUT2D eigenvalue weighted by atomic mass is 16.5. The van der Waals surface area contributed by atoms with E-state index in [1.165, 1.54) is 0 Å². The zero-order chi connectivity index (χ0) is 26.8. The summed E-state index contributed by atoms with van der Waals surface area (Å²) in [5, 5.41) is 11.3. The number of aliphatic hydroxyl groups excluding tert-OH is 1. The first kappa shape index (κ1) is 28.3. The van der Waals surface area contributed by atoms with E-state index in [9.17, 15) is 14.7 Å². The van der Waals surface area contributed by atoms with Gasteiger partial charge in [-0.25, -0.2) is 0 Å². The van der Waals surface area contributed by atoms with Gasteiger partial charge in [-0.3, -0.25) is 9.59 Å². The molecule has 0 aromatic heterocycles. The van der Waals surface area contributed by atoms with E-state index < -0.39 is 17.7 Å². The number of ketones is 1. The molecule has 200 valence electrons. The van der Waals surface area contributed by atoms with Crippen LogP contribution in [0, 0.1) is 0 Å². The minimum atomic E-state index is -0.738. The highest BCUT2D eigenvalue weighted by Gasteiger charge is 2.46. The fraction of sp³-hybridized carbons (Fsp3) is 0.467. The van der Waals surface area contributed by atoms with Gasteiger partial charge >= 0.3 is 0 Å². The van der Waals surface area contributed by atoms with Crippen molar-refractivity contribution in [2.45, 2.75) is 52.0 Å². The van der Waals surface area contributed by atoms with Gasteiger partial charge in [0.2, 0.25) is 0 Å². The fourth-order valence-corrected chi connectivity index (χ4v) is 4.79. The number of ether oxygens (including phenoxy) is 2. The van der Waals surface area contributed by atoms with E-state index in [-0.39, 0.29) is 11.3 Å². The van der Waals surface area contributed by atoms with E-state index in [4.69, 9.17) is 9.47 Å². The number of carbonyl (C=O) groups is 2. The van der Waals surface area contributed by atoms with Crippen LogP contribution in [0.15, 0.2) is 54.1 Å². The predicted molar refractivity (Wildman–Crippen MR) is 146 cm³/mol. The summed E-state index contributed by atoms with van der Waals surface area (Å²) in [6.45, 7) is 7.69. The first-order valence-electron chi connectivity index (χ1n) is 13.2. The van der Waals surface area contributed by atoms with Crippen molar-refractivity contribution in [1.82, 2.24) is 9.80 Å². The lowest BCUT2D eigenvalue weighted by atomic mass is 9.94. The first-order valence-corrected chi connectivity index (χ1v) is 13.2. The summed E-state index contributed by atoms with van der Waals surface area (Å²) >= 11 is 0. The third-order valence-electron chi connectivity index (χ3n) is 6.87. The van der Waals surface area contributed by atoms with Crippen molar-refractivity contribution in [3.8, 4) is 11.5 Å². The maximum Gasteiger partial charge on any atom is 0.295 e. The predicted octanol–water partition coefficient (Wildman–Crippen LogP) is 5.42. The van der Waals surface area contributed by atoms with Gasteiger partial charge in [0.05, 0.1) is 25.8 Å². The lowest BCUT2D eigenvalue weighted by Gasteiger charge is -2.28. The average Bonchev–Trinajstić information content (AvgIpc) is 3.18. The van der Waals surface area contributed by atoms with Crippen molar-refractivity contribution >= 4 is 17.4 Å². The molecule has 1 heterocycles. The van der Waals surface area contributed by atoms with E-state index in [0.717, 1.165) is 51.7 Å². The summed E-state index contributed by atoms with van der Waals surface area (Å²) in [5.74, 6) is -0.286. The largest absolute Gasteiger partial charge is 0.507 e. The Morgan fingerprint density at radius 2 is 1.51 bits per heavy atom. The van der Waals surface area contributed by atoms with Gasteiger partial charge in [-0.05, 0) is 69.2 Å². The number of likely N-dealkylation sites (tertiary alicyclic amines) is 1. The van der Waals surface area contributed by atoms with Gasteiger partial charge < -0.3 is 24.4 Å². The molecule has 1 atom stereocenters. The molecular formula is C30H40N2O5. The highest BCUT2D eigenvalue weighted by Crippen LogP contribution is 2.42. The number of carbonyl (C=O) groups excluding carboxylic acids is 2. The molecule has 1 fully saturated rings. The van der Waals surface area contributed by atoms with Gasteiger partial charge in [0.15, 0.2) is 0 Å². The maximum atomic E-state index is 13.3. The zero-order valence-corrected chi connectivity index (χ0v) is 22.5. The minimum absolute atomic E-state index is 0.0773. The third kappa shape index (κ3) is 6.72. The smallest absolute Gasteiger partial charge is 0.295 e. The maximum absolute atomic E-state index is 13.3. The molecular weight excluding hydrogens is 468 g/mol. The number of rotatable bonds is 14. The van der Waals surface area contributed by atoms with Crippen LogP contribution in [-0.4, -0.2) is 67.0 Å². The van der Waals surface area contributed by atoms with Crippen LogP contribution in [0.2, 0.25) is 0 Å². The van der Waals surface area contributed by atoms with Crippen LogP contribution in [0.1, 0.15) is 63.1 Å². The van der Waals surface area contributed by atoms with Crippen LogP contribution >= 0.6 is 0 Å². The van der Waals surface area contributed by atoms with Crippen LogP contribution in [-0.2, 0) is 9.59 Å². The molecule has 1 N–H and O–H groups in total. The number of unbranched alkanes of at least 4 members (excludes halogenated alkanes) is 2. The normalized spacial score (nSPS) is 17.0. The standard InChI is InChI=1S/C30H40N2O5/c1-5-7-18-31(19-8-6-2)20-11-21-32-27(24-12-9-10-13-25(24)37-4)26(29(34)30(32)35)28(33)22-14-16-23(36-3)17-15-22/h9-10,12-17,27,33H,5-8,11,18-21H2,1-4H3/b28-26-. The van der Waals surface area contributed by atoms with Crippen LogP contribution in [0.5, 0.6) is 11.5 Å². The van der Waals surface area contributed by atoms with Gasteiger partial charge in [0.25, 0.3) is 11.7 Å². The molecule has 1 aliphatic rings. The number of amides is 1. The number of nitrogens with zero attached hydrogens (tertiary/aromatic N) is 2. The molecule has 7 heteroatoms.